The summed E-state index contributed by atoms with van der Waals surface area (Å²) < 4.78 is 104. The molecule has 0 saturated carbocycles. The van der Waals surface area contributed by atoms with Crippen molar-refractivity contribution in [3.8, 4) is 5.75 Å². The van der Waals surface area contributed by atoms with E-state index in [9.17, 15) is 39.5 Å². The summed E-state index contributed by atoms with van der Waals surface area (Å²) in [4.78, 5) is 13.4. The molecule has 0 amide bonds. The Bertz CT molecular complexity index is 3100. The highest BCUT2D eigenvalue weighted by Gasteiger charge is 2.24. The first-order chi connectivity index (χ1) is 29.2. The van der Waals surface area contributed by atoms with Crippen molar-refractivity contribution in [1.29, 1.82) is 0 Å². The monoisotopic (exact) mass is 926 g/mol. The standard InChI is InChI=1S/C37H35ClN10O11S3/c1-3-48(26-11-4-7-21(2)17-26)37-42-35(38)41-36(43-37)40-24-9-5-10-25(20-24)44-47-33-30(61(53,54)55)19-23-13-15-28(32(39)31(23)34(33)49)46-45-27-14-12-22(18-29(27)60(50,51)52)8-6-16-59-62(56,57)58/h4-5,7,9-15,17-20,49H,3,6,8,16,39H2,1-2H3,(H,50,51,52)(H,53,54,55)(H,56,57,58)(H,40,41,42,43). The van der Waals surface area contributed by atoms with E-state index in [0.717, 1.165) is 23.4 Å². The van der Waals surface area contributed by atoms with E-state index < -0.39 is 58.5 Å². The molecule has 6 rings (SSSR count). The summed E-state index contributed by atoms with van der Waals surface area (Å²) >= 11 is 6.29. The number of nitrogens with one attached hydrogen (secondary N) is 1. The van der Waals surface area contributed by atoms with Crippen molar-refractivity contribution in [3.05, 3.63) is 101 Å². The van der Waals surface area contributed by atoms with Gasteiger partial charge >= 0.3 is 10.4 Å². The van der Waals surface area contributed by atoms with Crippen LogP contribution in [-0.2, 0) is 41.2 Å². The predicted octanol–water partition coefficient (Wildman–Crippen LogP) is 8.25. The van der Waals surface area contributed by atoms with Gasteiger partial charge in [0.15, 0.2) is 5.75 Å². The Morgan fingerprint density at radius 2 is 1.52 bits per heavy atom. The first-order valence-corrected chi connectivity index (χ1v) is 22.6. The minimum atomic E-state index is -5.02. The van der Waals surface area contributed by atoms with Gasteiger partial charge in [-0.15, -0.1) is 15.3 Å². The van der Waals surface area contributed by atoms with Gasteiger partial charge in [0.25, 0.3) is 20.2 Å². The highest BCUT2D eigenvalue weighted by molar-refractivity contribution is 7.86. The Labute approximate surface area is 359 Å². The molecule has 25 heteroatoms. The van der Waals surface area contributed by atoms with Crippen molar-refractivity contribution in [2.24, 2.45) is 20.5 Å². The summed E-state index contributed by atoms with van der Waals surface area (Å²) in [7, 11) is -14.6. The molecule has 324 valence electrons. The molecule has 0 aliphatic heterocycles. The summed E-state index contributed by atoms with van der Waals surface area (Å²) in [6, 6.07) is 21.3. The molecule has 0 atom stereocenters. The zero-order chi connectivity index (χ0) is 45.0. The Morgan fingerprint density at radius 1 is 0.806 bits per heavy atom. The first kappa shape index (κ1) is 45.3. The van der Waals surface area contributed by atoms with Gasteiger partial charge < -0.3 is 21.1 Å². The van der Waals surface area contributed by atoms with Crippen molar-refractivity contribution in [2.75, 3.05) is 29.1 Å². The number of hydrogen-bond donors (Lipinski definition) is 6. The number of fused-ring (bicyclic) bond motifs is 1. The van der Waals surface area contributed by atoms with Crippen LogP contribution < -0.4 is 16.0 Å². The molecule has 0 unspecified atom stereocenters. The van der Waals surface area contributed by atoms with Crippen LogP contribution in [0.5, 0.6) is 5.75 Å². The van der Waals surface area contributed by atoms with Gasteiger partial charge in [-0.25, -0.2) is 4.18 Å². The van der Waals surface area contributed by atoms with E-state index in [-0.39, 0.29) is 63.5 Å². The van der Waals surface area contributed by atoms with Crippen molar-refractivity contribution in [1.82, 2.24) is 15.0 Å². The van der Waals surface area contributed by atoms with Gasteiger partial charge in [0.2, 0.25) is 17.2 Å². The van der Waals surface area contributed by atoms with Crippen LogP contribution in [0.25, 0.3) is 10.8 Å². The summed E-state index contributed by atoms with van der Waals surface area (Å²) in [6.07, 6.45) is 0.142. The molecule has 5 aromatic carbocycles. The molecule has 1 heterocycles. The third-order valence-electron chi connectivity index (χ3n) is 8.76. The molecule has 6 aromatic rings. The highest BCUT2D eigenvalue weighted by atomic mass is 35.5. The zero-order valence-corrected chi connectivity index (χ0v) is 35.5. The van der Waals surface area contributed by atoms with E-state index in [1.807, 2.05) is 43.0 Å². The lowest BCUT2D eigenvalue weighted by Gasteiger charge is -2.21. The molecule has 7 N–H and O–H groups in total. The topological polar surface area (TPSA) is 322 Å². The summed E-state index contributed by atoms with van der Waals surface area (Å²) in [6.45, 7) is 4.00. The molecule has 0 aliphatic carbocycles. The van der Waals surface area contributed by atoms with Gasteiger partial charge in [0.05, 0.1) is 23.4 Å². The average Bonchev–Trinajstić information content (AvgIpc) is 3.18. The van der Waals surface area contributed by atoms with Crippen LogP contribution in [0, 0.1) is 6.92 Å². The largest absolute Gasteiger partial charge is 0.505 e. The second kappa shape index (κ2) is 18.4. The molecule has 0 spiro atoms. The fraction of sp³-hybridized carbons (Fsp3) is 0.162. The van der Waals surface area contributed by atoms with E-state index in [0.29, 0.717) is 17.8 Å². The minimum Gasteiger partial charge on any atom is -0.505 e. The van der Waals surface area contributed by atoms with E-state index in [2.05, 4.69) is 44.9 Å². The smallest absolute Gasteiger partial charge is 0.397 e. The van der Waals surface area contributed by atoms with Crippen molar-refractivity contribution >= 4 is 105 Å². The van der Waals surface area contributed by atoms with E-state index in [4.69, 9.17) is 21.9 Å². The number of nitrogens with zero attached hydrogens (tertiary/aromatic N) is 8. The highest BCUT2D eigenvalue weighted by Crippen LogP contribution is 2.46. The van der Waals surface area contributed by atoms with Gasteiger partial charge in [0.1, 0.15) is 26.9 Å². The lowest BCUT2D eigenvalue weighted by molar-refractivity contribution is 0.265. The number of azo groups is 2. The van der Waals surface area contributed by atoms with Gasteiger partial charge in [-0.1, -0.05) is 30.3 Å². The molecule has 1 aromatic heterocycles. The maximum Gasteiger partial charge on any atom is 0.397 e. The maximum atomic E-state index is 12.5. The van der Waals surface area contributed by atoms with Crippen LogP contribution in [0.15, 0.2) is 115 Å². The minimum absolute atomic E-state index is 0.0251. The quantitative estimate of drug-likeness (QED) is 0.0230. The second-order valence-corrected chi connectivity index (χ2v) is 17.4. The number of nitrogen functional groups attached to an aromatic ring is 1. The molecule has 0 bridgehead atoms. The Hall–Kier alpha value is -6.25. The molecule has 0 fully saturated rings. The number of hydrogen-bond acceptors (Lipinski definition) is 18. The molecule has 0 radical (unpaired) electrons. The van der Waals surface area contributed by atoms with Crippen LogP contribution in [0.1, 0.15) is 24.5 Å². The molecule has 0 saturated heterocycles. The summed E-state index contributed by atoms with van der Waals surface area (Å²) in [5.41, 5.74) is 7.72. The number of rotatable bonds is 16. The van der Waals surface area contributed by atoms with Gasteiger partial charge in [0, 0.05) is 17.9 Å². The fourth-order valence-corrected chi connectivity index (χ4v) is 7.84. The fourth-order valence-electron chi connectivity index (χ4n) is 6.02. The zero-order valence-electron chi connectivity index (χ0n) is 32.3. The summed E-state index contributed by atoms with van der Waals surface area (Å²) in [5, 5.41) is 30.2. The number of aryl methyl sites for hydroxylation is 2. The van der Waals surface area contributed by atoms with E-state index >= 15 is 0 Å². The molecule has 21 nitrogen and oxygen atoms in total. The number of aromatic hydroxyl groups is 1. The normalized spacial score (nSPS) is 12.4. The number of benzene rings is 5. The first-order valence-electron chi connectivity index (χ1n) is 17.9. The number of aromatic nitrogens is 3. The van der Waals surface area contributed by atoms with Crippen molar-refractivity contribution in [2.45, 2.75) is 36.5 Å². The summed E-state index contributed by atoms with van der Waals surface area (Å²) in [5.74, 6) is -0.438. The molecular weight excluding hydrogens is 892 g/mol. The number of phenolic OH excluding ortho intramolecular Hbond substituents is 1. The van der Waals surface area contributed by atoms with Gasteiger partial charge in [-0.05, 0) is 109 Å². The van der Waals surface area contributed by atoms with Crippen LogP contribution >= 0.6 is 11.6 Å². The van der Waals surface area contributed by atoms with Gasteiger partial charge in [-0.3, -0.25) is 13.7 Å². The second-order valence-electron chi connectivity index (χ2n) is 13.2. The Morgan fingerprint density at radius 3 is 2.21 bits per heavy atom. The average molecular weight is 927 g/mol. The van der Waals surface area contributed by atoms with E-state index in [1.165, 1.54) is 36.4 Å². The number of anilines is 5. The number of halogens is 1. The van der Waals surface area contributed by atoms with Crippen molar-refractivity contribution in [3.63, 3.8) is 0 Å². The lowest BCUT2D eigenvalue weighted by atomic mass is 10.1. The van der Waals surface area contributed by atoms with Gasteiger partial charge in [-0.2, -0.15) is 45.3 Å². The third-order valence-corrected chi connectivity index (χ3v) is 11.1. The molecular formula is C37H35ClN10O11S3. The Kier molecular flexibility index (Phi) is 13.4. The molecule has 0 aliphatic rings. The predicted molar refractivity (Wildman–Crippen MR) is 229 cm³/mol. The van der Waals surface area contributed by atoms with Crippen LogP contribution in [-0.4, -0.2) is 72.1 Å². The Balaban J connectivity index is 1.30. The lowest BCUT2D eigenvalue weighted by Crippen LogP contribution is -2.20. The maximum absolute atomic E-state index is 12.5. The third kappa shape index (κ3) is 11.2. The van der Waals surface area contributed by atoms with Crippen molar-refractivity contribution < 1.29 is 48.2 Å². The van der Waals surface area contributed by atoms with Crippen LogP contribution in [0.3, 0.4) is 0 Å². The van der Waals surface area contributed by atoms with Crippen LogP contribution in [0.2, 0.25) is 5.28 Å². The number of phenols is 1. The number of nitrogens with two attached hydrogens (primary N) is 1. The molecule has 62 heavy (non-hydrogen) atoms. The SMILES string of the molecule is CCN(c1cccc(C)c1)c1nc(Cl)nc(Nc2cccc(N=Nc3c(S(=O)(=O)O)cc4ccc(N=Nc5ccc(CCCOS(=O)(=O)O)cc5S(=O)(=O)O)c(N)c4c3O)c2)n1. The van der Waals surface area contributed by atoms with E-state index in [1.54, 1.807) is 12.1 Å². The van der Waals surface area contributed by atoms with Crippen LogP contribution in [0.4, 0.5) is 51.7 Å².